The molecule has 138 valence electrons. The number of aliphatic imine (C=N–C) groups is 1. The van der Waals surface area contributed by atoms with Crippen LogP contribution in [-0.2, 0) is 9.53 Å². The van der Waals surface area contributed by atoms with E-state index in [1.54, 1.807) is 14.2 Å². The van der Waals surface area contributed by atoms with Crippen molar-refractivity contribution >= 4 is 11.9 Å². The Kier molecular flexibility index (Phi) is 5.78. The molecule has 1 heterocycles. The van der Waals surface area contributed by atoms with Crippen LogP contribution in [0.25, 0.3) is 0 Å². The highest BCUT2D eigenvalue weighted by Crippen LogP contribution is 2.51. The van der Waals surface area contributed by atoms with E-state index >= 15 is 0 Å². The van der Waals surface area contributed by atoms with Crippen molar-refractivity contribution in [3.63, 3.8) is 0 Å². The van der Waals surface area contributed by atoms with Crippen molar-refractivity contribution in [3.8, 4) is 0 Å². The number of hydrogen-bond acceptors (Lipinski definition) is 3. The smallest absolute Gasteiger partial charge is 0.220 e. The van der Waals surface area contributed by atoms with Crippen LogP contribution in [0.1, 0.15) is 46.5 Å². The number of rotatable bonds is 4. The zero-order chi connectivity index (χ0) is 18.0. The number of guanidine groups is 1. The number of hydrogen-bond donors (Lipinski definition) is 2. The van der Waals surface area contributed by atoms with Gasteiger partial charge in [0.25, 0.3) is 0 Å². The molecule has 2 rings (SSSR count). The summed E-state index contributed by atoms with van der Waals surface area (Å²) in [4.78, 5) is 18.3. The van der Waals surface area contributed by atoms with E-state index in [9.17, 15) is 4.79 Å². The first kappa shape index (κ1) is 19.0. The summed E-state index contributed by atoms with van der Waals surface area (Å²) in [5.74, 6) is 1.60. The average molecular weight is 338 g/mol. The second-order valence-electron chi connectivity index (χ2n) is 7.91. The second-order valence-corrected chi connectivity index (χ2v) is 7.91. The number of ether oxygens (including phenoxy) is 1. The maximum Gasteiger partial charge on any atom is 0.220 e. The molecule has 0 aromatic heterocycles. The maximum absolute atomic E-state index is 11.5. The minimum atomic E-state index is -0.0793. The monoisotopic (exact) mass is 338 g/mol. The highest BCUT2D eigenvalue weighted by Gasteiger charge is 2.58. The van der Waals surface area contributed by atoms with Gasteiger partial charge in [0, 0.05) is 52.2 Å². The van der Waals surface area contributed by atoms with Gasteiger partial charge in [0.15, 0.2) is 5.96 Å². The normalized spacial score (nSPS) is 30.7. The summed E-state index contributed by atoms with van der Waals surface area (Å²) < 4.78 is 5.71. The summed E-state index contributed by atoms with van der Waals surface area (Å²) in [7, 11) is 5.35. The molecule has 6 heteroatoms. The van der Waals surface area contributed by atoms with Crippen LogP contribution in [0, 0.1) is 11.3 Å². The molecule has 24 heavy (non-hydrogen) atoms. The number of nitrogens with one attached hydrogen (secondary N) is 2. The molecule has 6 nitrogen and oxygen atoms in total. The Morgan fingerprint density at radius 2 is 1.92 bits per heavy atom. The summed E-state index contributed by atoms with van der Waals surface area (Å²) in [5.41, 5.74) is -0.0146. The van der Waals surface area contributed by atoms with Crippen molar-refractivity contribution in [3.05, 3.63) is 0 Å². The lowest BCUT2D eigenvalue weighted by Crippen LogP contribution is -2.69. The van der Waals surface area contributed by atoms with Crippen molar-refractivity contribution in [1.82, 2.24) is 15.5 Å². The zero-order valence-corrected chi connectivity index (χ0v) is 16.1. The molecule has 0 aromatic rings. The molecular weight excluding hydrogens is 304 g/mol. The lowest BCUT2D eigenvalue weighted by atomic mass is 9.56. The van der Waals surface area contributed by atoms with Gasteiger partial charge in [-0.05, 0) is 32.1 Å². The second kappa shape index (κ2) is 7.30. The Labute approximate surface area is 146 Å². The number of likely N-dealkylation sites (tertiary alicyclic amines) is 1. The lowest BCUT2D eigenvalue weighted by Gasteiger charge is -2.59. The SMILES string of the molecule is CN=C(NC1CC(C)(OC)C1(C)C)N1CCC(CC(=O)NC)CC1. The molecule has 2 aliphatic rings. The van der Waals surface area contributed by atoms with Crippen molar-refractivity contribution in [1.29, 1.82) is 0 Å². The summed E-state index contributed by atoms with van der Waals surface area (Å²) in [5, 5.41) is 6.36. The zero-order valence-electron chi connectivity index (χ0n) is 16.1. The number of carbonyl (C=O) groups is 1. The van der Waals surface area contributed by atoms with Gasteiger partial charge < -0.3 is 20.3 Å². The topological polar surface area (TPSA) is 66.0 Å². The Balaban J connectivity index is 1.87. The highest BCUT2D eigenvalue weighted by molar-refractivity contribution is 5.80. The quantitative estimate of drug-likeness (QED) is 0.604. The first-order valence-electron chi connectivity index (χ1n) is 9.01. The van der Waals surface area contributed by atoms with Crippen LogP contribution in [0.2, 0.25) is 0 Å². The van der Waals surface area contributed by atoms with Crippen LogP contribution in [0.15, 0.2) is 4.99 Å². The standard InChI is InChI=1S/C18H34N4O2/c1-17(2)14(12-18(17,3)24-6)21-16(20-5)22-9-7-13(8-10-22)11-15(23)19-4/h13-14H,7-12H2,1-6H3,(H,19,23)(H,20,21). The fourth-order valence-electron chi connectivity index (χ4n) is 3.89. The molecule has 2 fully saturated rings. The Morgan fingerprint density at radius 1 is 1.29 bits per heavy atom. The van der Waals surface area contributed by atoms with Crippen LogP contribution >= 0.6 is 0 Å². The molecule has 0 bridgehead atoms. The first-order chi connectivity index (χ1) is 11.3. The molecule has 2 atom stereocenters. The summed E-state index contributed by atoms with van der Waals surface area (Å²) >= 11 is 0. The van der Waals surface area contributed by atoms with Crippen LogP contribution in [0.3, 0.4) is 0 Å². The molecule has 0 radical (unpaired) electrons. The lowest BCUT2D eigenvalue weighted by molar-refractivity contribution is -0.177. The van der Waals surface area contributed by atoms with E-state index in [2.05, 4.69) is 41.3 Å². The Morgan fingerprint density at radius 3 is 2.38 bits per heavy atom. The molecule has 2 unspecified atom stereocenters. The number of nitrogens with zero attached hydrogens (tertiary/aromatic N) is 2. The van der Waals surface area contributed by atoms with Crippen LogP contribution in [0.4, 0.5) is 0 Å². The van der Waals surface area contributed by atoms with Gasteiger partial charge in [-0.15, -0.1) is 0 Å². The van der Waals surface area contributed by atoms with Crippen LogP contribution in [0.5, 0.6) is 0 Å². The molecule has 1 amide bonds. The molecule has 1 aliphatic carbocycles. The summed E-state index contributed by atoms with van der Waals surface area (Å²) in [6.07, 6.45) is 3.71. The molecule has 0 spiro atoms. The Bertz CT molecular complexity index is 483. The summed E-state index contributed by atoms with van der Waals surface area (Å²) in [6, 6.07) is 0.366. The maximum atomic E-state index is 11.5. The number of amides is 1. The molecule has 1 saturated carbocycles. The number of methoxy groups -OCH3 is 1. The summed E-state index contributed by atoms with van der Waals surface area (Å²) in [6.45, 7) is 8.59. The van der Waals surface area contributed by atoms with E-state index in [4.69, 9.17) is 4.74 Å². The minimum Gasteiger partial charge on any atom is -0.378 e. The van der Waals surface area contributed by atoms with E-state index in [1.807, 2.05) is 7.05 Å². The number of carbonyl (C=O) groups excluding carboxylic acids is 1. The van der Waals surface area contributed by atoms with Gasteiger partial charge in [0.05, 0.1) is 5.60 Å². The molecule has 1 aliphatic heterocycles. The molecule has 1 saturated heterocycles. The fraction of sp³-hybridized carbons (Fsp3) is 0.889. The van der Waals surface area contributed by atoms with E-state index in [0.29, 0.717) is 18.4 Å². The minimum absolute atomic E-state index is 0.0647. The molecule has 0 aromatic carbocycles. The Hall–Kier alpha value is -1.30. The first-order valence-corrected chi connectivity index (χ1v) is 9.01. The molecular formula is C18H34N4O2. The van der Waals surface area contributed by atoms with Gasteiger partial charge in [0.1, 0.15) is 0 Å². The van der Waals surface area contributed by atoms with Gasteiger partial charge in [-0.3, -0.25) is 9.79 Å². The van der Waals surface area contributed by atoms with Crippen molar-refractivity contribution < 1.29 is 9.53 Å². The van der Waals surface area contributed by atoms with Gasteiger partial charge in [-0.25, -0.2) is 0 Å². The highest BCUT2D eigenvalue weighted by atomic mass is 16.5. The van der Waals surface area contributed by atoms with Crippen molar-refractivity contribution in [2.45, 2.75) is 58.1 Å². The van der Waals surface area contributed by atoms with E-state index in [1.165, 1.54) is 0 Å². The van der Waals surface area contributed by atoms with Gasteiger partial charge in [-0.1, -0.05) is 13.8 Å². The van der Waals surface area contributed by atoms with Gasteiger partial charge in [-0.2, -0.15) is 0 Å². The molecule has 2 N–H and O–H groups in total. The van der Waals surface area contributed by atoms with Crippen LogP contribution < -0.4 is 10.6 Å². The predicted molar refractivity (Wildman–Crippen MR) is 97.1 cm³/mol. The van der Waals surface area contributed by atoms with Gasteiger partial charge in [0.2, 0.25) is 5.91 Å². The largest absolute Gasteiger partial charge is 0.378 e. The third kappa shape index (κ3) is 3.53. The van der Waals surface area contributed by atoms with Gasteiger partial charge >= 0.3 is 0 Å². The predicted octanol–water partition coefficient (Wildman–Crippen LogP) is 1.61. The fourth-order valence-corrected chi connectivity index (χ4v) is 3.89. The van der Waals surface area contributed by atoms with Crippen LogP contribution in [-0.4, -0.2) is 62.7 Å². The van der Waals surface area contributed by atoms with E-state index in [0.717, 1.165) is 38.3 Å². The van der Waals surface area contributed by atoms with E-state index in [-0.39, 0.29) is 16.9 Å². The van der Waals surface area contributed by atoms with Crippen molar-refractivity contribution in [2.24, 2.45) is 16.3 Å². The van der Waals surface area contributed by atoms with Crippen molar-refractivity contribution in [2.75, 3.05) is 34.3 Å². The van der Waals surface area contributed by atoms with E-state index < -0.39 is 0 Å². The average Bonchev–Trinajstić information content (AvgIpc) is 2.58. The third-order valence-electron chi connectivity index (χ3n) is 6.46. The third-order valence-corrected chi connectivity index (χ3v) is 6.46. The number of piperidine rings is 1.